The van der Waals surface area contributed by atoms with Crippen molar-refractivity contribution in [1.29, 1.82) is 0 Å². The molecule has 2 N–H and O–H groups in total. The van der Waals surface area contributed by atoms with E-state index in [1.165, 1.54) is 4.88 Å². The van der Waals surface area contributed by atoms with Crippen LogP contribution in [0.2, 0.25) is 5.02 Å². The molecule has 0 saturated carbocycles. The molecule has 0 aliphatic heterocycles. The highest BCUT2D eigenvalue weighted by Crippen LogP contribution is 2.27. The zero-order chi connectivity index (χ0) is 13.8. The molecule has 0 saturated heterocycles. The van der Waals surface area contributed by atoms with Crippen molar-refractivity contribution in [3.05, 3.63) is 51.2 Å². The first-order valence-corrected chi connectivity index (χ1v) is 7.65. The molecule has 2 aromatic rings. The average molecular weight is 311 g/mol. The molecule has 0 aliphatic carbocycles. The van der Waals surface area contributed by atoms with Crippen molar-refractivity contribution in [2.24, 2.45) is 5.73 Å². The Morgan fingerprint density at radius 2 is 2.21 bits per heavy atom. The predicted octanol–water partition coefficient (Wildman–Crippen LogP) is 4.06. The van der Waals surface area contributed by atoms with Gasteiger partial charge in [-0.25, -0.2) is 0 Å². The number of halogens is 1. The number of anilines is 1. The van der Waals surface area contributed by atoms with Gasteiger partial charge in [0, 0.05) is 27.7 Å². The van der Waals surface area contributed by atoms with Crippen molar-refractivity contribution in [2.45, 2.75) is 13.5 Å². The summed E-state index contributed by atoms with van der Waals surface area (Å²) in [6, 6.07) is 9.81. The zero-order valence-electron chi connectivity index (χ0n) is 10.6. The quantitative estimate of drug-likeness (QED) is 0.844. The summed E-state index contributed by atoms with van der Waals surface area (Å²) in [6.07, 6.45) is 0. The van der Waals surface area contributed by atoms with Crippen molar-refractivity contribution >= 4 is 45.8 Å². The summed E-state index contributed by atoms with van der Waals surface area (Å²) in [4.78, 5) is 3.93. The lowest BCUT2D eigenvalue weighted by Crippen LogP contribution is -2.25. The highest BCUT2D eigenvalue weighted by atomic mass is 35.5. The van der Waals surface area contributed by atoms with Crippen molar-refractivity contribution in [2.75, 3.05) is 11.4 Å². The van der Waals surface area contributed by atoms with Crippen LogP contribution in [0.4, 0.5) is 5.69 Å². The summed E-state index contributed by atoms with van der Waals surface area (Å²) in [5, 5.41) is 2.77. The van der Waals surface area contributed by atoms with Crippen LogP contribution in [-0.4, -0.2) is 11.5 Å². The zero-order valence-corrected chi connectivity index (χ0v) is 13.0. The molecule has 2 nitrogen and oxygen atoms in total. The molecule has 1 heterocycles. The average Bonchev–Trinajstić information content (AvgIpc) is 2.88. The molecule has 0 bridgehead atoms. The summed E-state index contributed by atoms with van der Waals surface area (Å²) in [5.41, 5.74) is 7.66. The van der Waals surface area contributed by atoms with E-state index in [9.17, 15) is 0 Å². The Bertz CT molecular complexity index is 567. The standard InChI is InChI=1S/C14H15ClN2S2/c1-2-17(9-11-4-3-7-19-11)13-8-10(15)5-6-12(13)14(16)18/h3-8H,2,9H2,1H3,(H2,16,18). The van der Waals surface area contributed by atoms with Crippen LogP contribution in [0.25, 0.3) is 0 Å². The first-order valence-electron chi connectivity index (χ1n) is 5.98. The number of hydrogen-bond acceptors (Lipinski definition) is 3. The lowest BCUT2D eigenvalue weighted by Gasteiger charge is -2.25. The SMILES string of the molecule is CCN(Cc1cccs1)c1cc(Cl)ccc1C(N)=S. The first kappa shape index (κ1) is 14.3. The molecule has 100 valence electrons. The molecule has 1 aromatic carbocycles. The largest absolute Gasteiger partial charge is 0.389 e. The van der Waals surface area contributed by atoms with Gasteiger partial charge in [0.2, 0.25) is 0 Å². The number of benzene rings is 1. The van der Waals surface area contributed by atoms with Gasteiger partial charge < -0.3 is 10.6 Å². The molecule has 0 radical (unpaired) electrons. The maximum absolute atomic E-state index is 6.10. The Morgan fingerprint density at radius 1 is 1.42 bits per heavy atom. The molecule has 19 heavy (non-hydrogen) atoms. The third-order valence-corrected chi connectivity index (χ3v) is 4.19. The number of nitrogens with two attached hydrogens (primary N) is 1. The Balaban J connectivity index is 2.36. The smallest absolute Gasteiger partial charge is 0.106 e. The minimum atomic E-state index is 0.399. The first-order chi connectivity index (χ1) is 9.11. The number of thiocarbonyl (C=S) groups is 1. The van der Waals surface area contributed by atoms with Gasteiger partial charge in [-0.2, -0.15) is 0 Å². The monoisotopic (exact) mass is 310 g/mol. The van der Waals surface area contributed by atoms with Gasteiger partial charge >= 0.3 is 0 Å². The van der Waals surface area contributed by atoms with Crippen molar-refractivity contribution in [3.63, 3.8) is 0 Å². The molecule has 2 rings (SSSR count). The van der Waals surface area contributed by atoms with Gasteiger partial charge in [-0.3, -0.25) is 0 Å². The van der Waals surface area contributed by atoms with E-state index in [0.717, 1.165) is 24.3 Å². The minimum absolute atomic E-state index is 0.399. The van der Waals surface area contributed by atoms with Gasteiger partial charge in [-0.05, 0) is 36.6 Å². The molecule has 0 atom stereocenters. The van der Waals surface area contributed by atoms with Crippen molar-refractivity contribution in [3.8, 4) is 0 Å². The Labute approximate surface area is 127 Å². The van der Waals surface area contributed by atoms with E-state index >= 15 is 0 Å². The van der Waals surface area contributed by atoms with Gasteiger partial charge in [-0.1, -0.05) is 29.9 Å². The molecular formula is C14H15ClN2S2. The third-order valence-electron chi connectivity index (χ3n) is 2.87. The van der Waals surface area contributed by atoms with Crippen LogP contribution >= 0.6 is 35.2 Å². The summed E-state index contributed by atoms with van der Waals surface area (Å²) in [7, 11) is 0. The summed E-state index contributed by atoms with van der Waals surface area (Å²) >= 11 is 13.0. The van der Waals surface area contributed by atoms with E-state index < -0.39 is 0 Å². The van der Waals surface area contributed by atoms with E-state index in [-0.39, 0.29) is 0 Å². The number of nitrogens with zero attached hydrogens (tertiary/aromatic N) is 1. The molecule has 0 unspecified atom stereocenters. The summed E-state index contributed by atoms with van der Waals surface area (Å²) in [5.74, 6) is 0. The van der Waals surface area contributed by atoms with Gasteiger partial charge in [0.1, 0.15) is 4.99 Å². The predicted molar refractivity (Wildman–Crippen MR) is 88.4 cm³/mol. The fourth-order valence-corrected chi connectivity index (χ4v) is 2.99. The van der Waals surface area contributed by atoms with Crippen LogP contribution in [0.15, 0.2) is 35.7 Å². The molecule has 0 spiro atoms. The van der Waals surface area contributed by atoms with E-state index in [1.54, 1.807) is 11.3 Å². The highest BCUT2D eigenvalue weighted by molar-refractivity contribution is 7.80. The van der Waals surface area contributed by atoms with Crippen LogP contribution in [0, 0.1) is 0 Å². The van der Waals surface area contributed by atoms with Crippen LogP contribution in [0.5, 0.6) is 0 Å². The molecule has 1 aromatic heterocycles. The molecule has 0 fully saturated rings. The minimum Gasteiger partial charge on any atom is -0.389 e. The van der Waals surface area contributed by atoms with Gasteiger partial charge in [0.05, 0.1) is 6.54 Å². The van der Waals surface area contributed by atoms with Crippen molar-refractivity contribution < 1.29 is 0 Å². The van der Waals surface area contributed by atoms with Crippen LogP contribution in [0.3, 0.4) is 0 Å². The van der Waals surface area contributed by atoms with Gasteiger partial charge in [0.15, 0.2) is 0 Å². The van der Waals surface area contributed by atoms with Crippen LogP contribution < -0.4 is 10.6 Å². The Kier molecular flexibility index (Phi) is 4.80. The Morgan fingerprint density at radius 3 is 2.79 bits per heavy atom. The van der Waals surface area contributed by atoms with Crippen LogP contribution in [0.1, 0.15) is 17.4 Å². The second-order valence-electron chi connectivity index (χ2n) is 4.12. The lowest BCUT2D eigenvalue weighted by atomic mass is 10.1. The fraction of sp³-hybridized carbons (Fsp3) is 0.214. The van der Waals surface area contributed by atoms with Crippen LogP contribution in [-0.2, 0) is 6.54 Å². The highest BCUT2D eigenvalue weighted by Gasteiger charge is 2.13. The Hall–Kier alpha value is -1.10. The normalized spacial score (nSPS) is 10.4. The third kappa shape index (κ3) is 3.47. The molecule has 0 amide bonds. The number of hydrogen-bond donors (Lipinski definition) is 1. The fourth-order valence-electron chi connectivity index (χ4n) is 1.93. The second-order valence-corrected chi connectivity index (χ2v) is 6.03. The topological polar surface area (TPSA) is 29.3 Å². The van der Waals surface area contributed by atoms with Gasteiger partial charge in [-0.15, -0.1) is 11.3 Å². The van der Waals surface area contributed by atoms with E-state index in [2.05, 4.69) is 29.3 Å². The van der Waals surface area contributed by atoms with Gasteiger partial charge in [0.25, 0.3) is 0 Å². The second kappa shape index (κ2) is 6.37. The van der Waals surface area contributed by atoms with Crippen molar-refractivity contribution in [1.82, 2.24) is 0 Å². The lowest BCUT2D eigenvalue weighted by molar-refractivity contribution is 0.841. The summed E-state index contributed by atoms with van der Waals surface area (Å²) < 4.78 is 0. The molecular weight excluding hydrogens is 296 g/mol. The summed E-state index contributed by atoms with van der Waals surface area (Å²) in [6.45, 7) is 3.82. The maximum Gasteiger partial charge on any atom is 0.106 e. The molecule has 0 aliphatic rings. The maximum atomic E-state index is 6.10. The number of rotatable bonds is 5. The molecule has 5 heteroatoms. The van der Waals surface area contributed by atoms with E-state index in [0.29, 0.717) is 10.0 Å². The number of thiophene rings is 1. The van der Waals surface area contributed by atoms with E-state index in [1.807, 2.05) is 18.2 Å². The van der Waals surface area contributed by atoms with E-state index in [4.69, 9.17) is 29.6 Å².